The van der Waals surface area contributed by atoms with Crippen molar-refractivity contribution in [1.29, 1.82) is 0 Å². The van der Waals surface area contributed by atoms with Crippen LogP contribution in [-0.2, 0) is 40.6 Å². The van der Waals surface area contributed by atoms with Gasteiger partial charge in [-0.05, 0) is 37.6 Å². The summed E-state index contributed by atoms with van der Waals surface area (Å²) < 4.78 is 105. The van der Waals surface area contributed by atoms with Gasteiger partial charge in [0.25, 0.3) is 0 Å². The lowest BCUT2D eigenvalue weighted by molar-refractivity contribution is -0.142. The minimum absolute atomic E-state index is 0.105. The lowest BCUT2D eigenvalue weighted by atomic mass is 10.00. The first kappa shape index (κ1) is 23.7. The maximum atomic E-state index is 13.3. The minimum Gasteiger partial charge on any atom is -0.273 e. The van der Waals surface area contributed by atoms with Crippen molar-refractivity contribution in [3.8, 4) is 0 Å². The Morgan fingerprint density at radius 2 is 1.67 bits per heavy atom. The van der Waals surface area contributed by atoms with Gasteiger partial charge in [-0.1, -0.05) is 0 Å². The van der Waals surface area contributed by atoms with E-state index in [9.17, 15) is 39.6 Å². The molecule has 0 aliphatic heterocycles. The van der Waals surface area contributed by atoms with Crippen LogP contribution in [0.5, 0.6) is 0 Å². The van der Waals surface area contributed by atoms with E-state index in [2.05, 4.69) is 5.10 Å². The molecule has 0 unspecified atom stereocenters. The predicted molar refractivity (Wildman–Crippen MR) is 95.2 cm³/mol. The minimum atomic E-state index is -5.05. The van der Waals surface area contributed by atoms with E-state index in [-0.39, 0.29) is 39.6 Å². The van der Waals surface area contributed by atoms with E-state index in [1.165, 1.54) is 25.6 Å². The highest BCUT2D eigenvalue weighted by Gasteiger charge is 2.39. The molecule has 0 saturated heterocycles. The number of alkyl halides is 6. The molecule has 6 nitrogen and oxygen atoms in total. The molecule has 0 fully saturated rings. The molecule has 1 amide bonds. The molecule has 0 N–H and O–H groups in total. The topological polar surface area (TPSA) is 72.3 Å². The van der Waals surface area contributed by atoms with Crippen LogP contribution in [0.4, 0.5) is 32.0 Å². The van der Waals surface area contributed by atoms with Gasteiger partial charge in [-0.25, -0.2) is 12.7 Å². The zero-order chi connectivity index (χ0) is 23.2. The van der Waals surface area contributed by atoms with Crippen LogP contribution in [0, 0.1) is 13.8 Å². The second kappa shape index (κ2) is 7.60. The summed E-state index contributed by atoms with van der Waals surface area (Å²) in [6.45, 7) is 2.82. The number of hydrogen-bond acceptors (Lipinski definition) is 4. The summed E-state index contributed by atoms with van der Waals surface area (Å²) in [5.74, 6) is -1.35. The smallest absolute Gasteiger partial charge is 0.273 e. The molecule has 1 heterocycles. The van der Waals surface area contributed by atoms with Gasteiger partial charge in [0, 0.05) is 7.05 Å². The number of carbonyl (C=O) groups excluding carboxylic acids is 1. The summed E-state index contributed by atoms with van der Waals surface area (Å²) in [5, 5.41) is 3.97. The van der Waals surface area contributed by atoms with Crippen molar-refractivity contribution in [2.45, 2.75) is 32.6 Å². The molecule has 0 aliphatic carbocycles. The van der Waals surface area contributed by atoms with Crippen LogP contribution in [0.1, 0.15) is 28.1 Å². The van der Waals surface area contributed by atoms with Crippen molar-refractivity contribution in [1.82, 2.24) is 9.78 Å². The fourth-order valence-corrected chi connectivity index (χ4v) is 3.99. The van der Waals surface area contributed by atoms with E-state index in [1.807, 2.05) is 0 Å². The molecular formula is C17H17F6N3O3S. The van der Waals surface area contributed by atoms with Gasteiger partial charge < -0.3 is 0 Å². The molecule has 0 atom stereocenters. The maximum Gasteiger partial charge on any atom is 0.416 e. The fourth-order valence-electron chi connectivity index (χ4n) is 2.96. The van der Waals surface area contributed by atoms with Crippen molar-refractivity contribution in [3.63, 3.8) is 0 Å². The second-order valence-corrected chi connectivity index (χ2v) is 8.44. The van der Waals surface area contributed by atoms with E-state index >= 15 is 0 Å². The Kier molecular flexibility index (Phi) is 6.00. The third kappa shape index (κ3) is 4.77. The van der Waals surface area contributed by atoms with Gasteiger partial charge in [0.1, 0.15) is 5.69 Å². The van der Waals surface area contributed by atoms with Gasteiger partial charge in [-0.3, -0.25) is 9.48 Å². The van der Waals surface area contributed by atoms with Gasteiger partial charge >= 0.3 is 12.4 Å². The maximum absolute atomic E-state index is 13.3. The number of anilines is 1. The number of rotatable bonds is 4. The normalized spacial score (nSPS) is 12.9. The molecule has 13 heteroatoms. The average molecular weight is 457 g/mol. The van der Waals surface area contributed by atoms with Crippen molar-refractivity contribution >= 4 is 21.6 Å². The van der Waals surface area contributed by atoms with Gasteiger partial charge in [0.05, 0.1) is 35.2 Å². The molecular weight excluding hydrogens is 440 g/mol. The molecule has 0 saturated carbocycles. The first-order chi connectivity index (χ1) is 13.4. The van der Waals surface area contributed by atoms with Crippen molar-refractivity contribution in [3.05, 3.63) is 46.3 Å². The average Bonchev–Trinajstić information content (AvgIpc) is 2.78. The van der Waals surface area contributed by atoms with Gasteiger partial charge in [-0.15, -0.1) is 0 Å². The molecule has 30 heavy (non-hydrogen) atoms. The van der Waals surface area contributed by atoms with Crippen molar-refractivity contribution < 1.29 is 39.6 Å². The Bertz CT molecular complexity index is 1090. The predicted octanol–water partition coefficient (Wildman–Crippen LogP) is 3.61. The van der Waals surface area contributed by atoms with E-state index in [1.54, 1.807) is 0 Å². The highest BCUT2D eigenvalue weighted by atomic mass is 32.2. The monoisotopic (exact) mass is 457 g/mol. The van der Waals surface area contributed by atoms with Crippen LogP contribution in [0.2, 0.25) is 0 Å². The molecule has 1 aromatic heterocycles. The third-order valence-corrected chi connectivity index (χ3v) is 5.36. The number of nitrogens with zero attached hydrogens (tertiary/aromatic N) is 3. The Balaban J connectivity index is 2.62. The number of aryl methyl sites for hydroxylation is 2. The summed E-state index contributed by atoms with van der Waals surface area (Å²) in [7, 11) is -2.87. The Morgan fingerprint density at radius 1 is 1.10 bits per heavy atom. The van der Waals surface area contributed by atoms with E-state index < -0.39 is 51.4 Å². The Morgan fingerprint density at radius 3 is 2.07 bits per heavy atom. The van der Waals surface area contributed by atoms with Gasteiger partial charge in [0.2, 0.25) is 15.9 Å². The largest absolute Gasteiger partial charge is 0.416 e. The summed E-state index contributed by atoms with van der Waals surface area (Å²) in [6, 6.07) is 0.668. The number of sulfonamides is 1. The Labute approximate surface area is 168 Å². The van der Waals surface area contributed by atoms with Crippen LogP contribution in [-0.4, -0.2) is 30.4 Å². The zero-order valence-corrected chi connectivity index (χ0v) is 17.0. The SMILES string of the molecule is Cc1nn(C)c(C)c1N(C(=O)Cc1cc(C(F)(F)F)ccc1C(F)(F)F)S(C)(=O)=O. The molecule has 0 spiro atoms. The molecule has 2 rings (SSSR count). The van der Waals surface area contributed by atoms with Gasteiger partial charge in [-0.2, -0.15) is 31.4 Å². The lowest BCUT2D eigenvalue weighted by Crippen LogP contribution is -2.38. The highest BCUT2D eigenvalue weighted by Crippen LogP contribution is 2.37. The number of aromatic nitrogens is 2. The molecule has 166 valence electrons. The molecule has 2 aromatic rings. The molecule has 0 aliphatic rings. The number of hydrogen-bond donors (Lipinski definition) is 0. The number of carbonyl (C=O) groups is 1. The van der Waals surface area contributed by atoms with Crippen LogP contribution in [0.25, 0.3) is 0 Å². The van der Waals surface area contributed by atoms with Crippen LogP contribution in [0.15, 0.2) is 18.2 Å². The fraction of sp³-hybridized carbons (Fsp3) is 0.412. The van der Waals surface area contributed by atoms with Gasteiger partial charge in [0.15, 0.2) is 0 Å². The first-order valence-electron chi connectivity index (χ1n) is 8.25. The second-order valence-electron chi connectivity index (χ2n) is 6.61. The van der Waals surface area contributed by atoms with E-state index in [0.29, 0.717) is 6.26 Å². The molecule has 0 radical (unpaired) electrons. The number of halogens is 6. The highest BCUT2D eigenvalue weighted by molar-refractivity contribution is 7.92. The van der Waals surface area contributed by atoms with Crippen molar-refractivity contribution in [2.24, 2.45) is 7.05 Å². The third-order valence-electron chi connectivity index (χ3n) is 4.31. The number of amides is 1. The van der Waals surface area contributed by atoms with Crippen LogP contribution >= 0.6 is 0 Å². The summed E-state index contributed by atoms with van der Waals surface area (Å²) in [6.07, 6.45) is -10.6. The quantitative estimate of drug-likeness (QED) is 0.658. The lowest BCUT2D eigenvalue weighted by Gasteiger charge is -2.22. The zero-order valence-electron chi connectivity index (χ0n) is 16.2. The van der Waals surface area contributed by atoms with Crippen molar-refractivity contribution in [2.75, 3.05) is 10.6 Å². The van der Waals surface area contributed by atoms with E-state index in [4.69, 9.17) is 0 Å². The standard InChI is InChI=1S/C17H17F6N3O3S/c1-9-15(10(2)25(3)24-9)26(30(4,28)29)14(27)8-11-7-12(16(18,19)20)5-6-13(11)17(21,22)23/h5-7H,8H2,1-4H3. The molecule has 0 bridgehead atoms. The molecule has 1 aromatic carbocycles. The summed E-state index contributed by atoms with van der Waals surface area (Å²) in [4.78, 5) is 12.8. The van der Waals surface area contributed by atoms with Crippen LogP contribution in [0.3, 0.4) is 0 Å². The summed E-state index contributed by atoms with van der Waals surface area (Å²) in [5.41, 5.74) is -3.67. The van der Waals surface area contributed by atoms with Crippen LogP contribution < -0.4 is 4.31 Å². The first-order valence-corrected chi connectivity index (χ1v) is 10.1. The number of benzene rings is 1. The van der Waals surface area contributed by atoms with E-state index in [0.717, 1.165) is 0 Å². The summed E-state index contributed by atoms with van der Waals surface area (Å²) >= 11 is 0. The Hall–Kier alpha value is -2.57.